The van der Waals surface area contributed by atoms with Gasteiger partial charge in [-0.05, 0) is 18.5 Å². The molecule has 0 aliphatic carbocycles. The number of rotatable bonds is 1. The number of thiazole rings is 1. The monoisotopic (exact) mass is 419 g/mol. The smallest absolute Gasteiger partial charge is 0.225 e. The molecule has 0 aliphatic rings. The first-order valence-electron chi connectivity index (χ1n) is 4.76. The highest BCUT2D eigenvalue weighted by Crippen LogP contribution is 2.41. The van der Waals surface area contributed by atoms with Gasteiger partial charge in [0.05, 0.1) is 0 Å². The fraction of sp³-hybridized carbons (Fsp3) is 0.444. The minimum absolute atomic E-state index is 0.133. The first kappa shape index (κ1) is 15.6. The van der Waals surface area contributed by atoms with Crippen LogP contribution in [0.25, 0.3) is 10.3 Å². The van der Waals surface area contributed by atoms with Crippen LogP contribution in [0.4, 0.5) is 0 Å². The molecule has 0 atom stereocenters. The highest BCUT2D eigenvalue weighted by molar-refractivity contribution is 9.24. The maximum atomic E-state index is 5.90. The molecule has 0 aliphatic heterocycles. The molecule has 0 radical (unpaired) electrons. The number of fused-ring (bicyclic) bond motifs is 1. The lowest BCUT2D eigenvalue weighted by Gasteiger charge is -2.07. The van der Waals surface area contributed by atoms with Gasteiger partial charge in [-0.2, -0.15) is 0 Å². The lowest BCUT2D eigenvalue weighted by Crippen LogP contribution is -2.00. The maximum absolute atomic E-state index is 5.90. The van der Waals surface area contributed by atoms with Gasteiger partial charge in [0.1, 0.15) is 18.6 Å². The Kier molecular flexibility index (Phi) is 5.59. The third-order valence-electron chi connectivity index (χ3n) is 1.56. The summed E-state index contributed by atoms with van der Waals surface area (Å²) in [4.78, 5) is 12.9. The topological polar surface area (TPSA) is 38.7 Å². The van der Waals surface area contributed by atoms with Crippen molar-refractivity contribution in [1.82, 2.24) is 15.0 Å². The summed E-state index contributed by atoms with van der Waals surface area (Å²) < 4.78 is -0.388. The average molecular weight is 422 g/mol. The lowest BCUT2D eigenvalue weighted by atomic mass is 10.5. The molecule has 94 valence electrons. The van der Waals surface area contributed by atoms with E-state index >= 15 is 0 Å². The van der Waals surface area contributed by atoms with Crippen LogP contribution in [0.15, 0.2) is 0 Å². The number of aromatic nitrogens is 3. The molecule has 17 heavy (non-hydrogen) atoms. The minimum atomic E-state index is -0.388. The second kappa shape index (κ2) is 6.10. The Morgan fingerprint density at radius 2 is 1.71 bits per heavy atom. The van der Waals surface area contributed by atoms with E-state index in [9.17, 15) is 0 Å². The van der Waals surface area contributed by atoms with Crippen LogP contribution in [0, 0.1) is 0 Å². The molecular formula is C9H9Br2Cl2N3S. The van der Waals surface area contributed by atoms with Crippen molar-refractivity contribution in [2.75, 3.05) is 0 Å². The molecule has 2 rings (SSSR count). The Bertz CT molecular complexity index is 525. The van der Waals surface area contributed by atoms with E-state index in [2.05, 4.69) is 46.8 Å². The Balaban J connectivity index is 0.000000686. The first-order chi connectivity index (χ1) is 7.88. The van der Waals surface area contributed by atoms with E-state index in [-0.39, 0.29) is 13.7 Å². The summed E-state index contributed by atoms with van der Waals surface area (Å²) in [6.07, 6.45) is 0. The van der Waals surface area contributed by atoms with Gasteiger partial charge < -0.3 is 0 Å². The number of alkyl halides is 2. The lowest BCUT2D eigenvalue weighted by molar-refractivity contribution is 1.03. The Labute approximate surface area is 130 Å². The van der Waals surface area contributed by atoms with Gasteiger partial charge >= 0.3 is 0 Å². The van der Waals surface area contributed by atoms with Crippen LogP contribution < -0.4 is 0 Å². The second-order valence-electron chi connectivity index (χ2n) is 2.84. The zero-order valence-corrected chi connectivity index (χ0v) is 14.8. The molecule has 0 bridgehead atoms. The average Bonchev–Trinajstić information content (AvgIpc) is 2.64. The predicted octanol–water partition coefficient (Wildman–Crippen LogP) is 5.38. The molecule has 2 heterocycles. The van der Waals surface area contributed by atoms with Gasteiger partial charge in [0, 0.05) is 0 Å². The molecule has 3 nitrogen and oxygen atoms in total. The largest absolute Gasteiger partial charge is 0.234 e. The van der Waals surface area contributed by atoms with Gasteiger partial charge in [-0.3, -0.25) is 0 Å². The SMILES string of the molecule is CC.CC(Br)(Br)c1nc2c(Cl)nc(Cl)nc2s1. The number of hydrogen-bond acceptors (Lipinski definition) is 4. The Morgan fingerprint density at radius 3 is 2.24 bits per heavy atom. The fourth-order valence-electron chi connectivity index (χ4n) is 0.953. The van der Waals surface area contributed by atoms with Crippen molar-refractivity contribution in [3.8, 4) is 0 Å². The van der Waals surface area contributed by atoms with Gasteiger partial charge in [-0.1, -0.05) is 68.6 Å². The molecule has 0 amide bonds. The van der Waals surface area contributed by atoms with E-state index in [0.29, 0.717) is 10.3 Å². The molecular weight excluding hydrogens is 413 g/mol. The molecule has 0 saturated heterocycles. The van der Waals surface area contributed by atoms with E-state index in [0.717, 1.165) is 5.01 Å². The van der Waals surface area contributed by atoms with Gasteiger partial charge in [0.2, 0.25) is 5.28 Å². The minimum Gasteiger partial charge on any atom is -0.234 e. The van der Waals surface area contributed by atoms with Crippen molar-refractivity contribution < 1.29 is 0 Å². The van der Waals surface area contributed by atoms with Gasteiger partial charge in [-0.25, -0.2) is 15.0 Å². The van der Waals surface area contributed by atoms with Crippen molar-refractivity contribution in [2.45, 2.75) is 24.0 Å². The molecule has 0 spiro atoms. The van der Waals surface area contributed by atoms with Crippen molar-refractivity contribution in [3.63, 3.8) is 0 Å². The zero-order chi connectivity index (χ0) is 13.2. The molecule has 2 aromatic rings. The van der Waals surface area contributed by atoms with Gasteiger partial charge in [-0.15, -0.1) is 0 Å². The molecule has 0 fully saturated rings. The van der Waals surface area contributed by atoms with Crippen LogP contribution in [0.5, 0.6) is 0 Å². The second-order valence-corrected chi connectivity index (χ2v) is 8.75. The third-order valence-corrected chi connectivity index (χ3v) is 4.44. The number of halogens is 4. The van der Waals surface area contributed by atoms with Gasteiger partial charge in [0.25, 0.3) is 0 Å². The third kappa shape index (κ3) is 3.73. The van der Waals surface area contributed by atoms with E-state index in [1.807, 2.05) is 20.8 Å². The highest BCUT2D eigenvalue weighted by Gasteiger charge is 2.24. The van der Waals surface area contributed by atoms with Crippen molar-refractivity contribution in [1.29, 1.82) is 0 Å². The fourth-order valence-corrected chi connectivity index (χ4v) is 3.02. The first-order valence-corrected chi connectivity index (χ1v) is 7.91. The van der Waals surface area contributed by atoms with Crippen molar-refractivity contribution >= 4 is 76.7 Å². The Morgan fingerprint density at radius 1 is 1.12 bits per heavy atom. The zero-order valence-electron chi connectivity index (χ0n) is 9.26. The van der Waals surface area contributed by atoms with Crippen LogP contribution in [-0.2, 0) is 3.23 Å². The van der Waals surface area contributed by atoms with Crippen molar-refractivity contribution in [3.05, 3.63) is 15.4 Å². The van der Waals surface area contributed by atoms with Gasteiger partial charge in [0.15, 0.2) is 5.15 Å². The van der Waals surface area contributed by atoms with E-state index in [1.54, 1.807) is 0 Å². The molecule has 8 heteroatoms. The Hall–Kier alpha value is 0.510. The molecule has 0 saturated carbocycles. The van der Waals surface area contributed by atoms with E-state index in [1.165, 1.54) is 11.3 Å². The van der Waals surface area contributed by atoms with E-state index in [4.69, 9.17) is 23.2 Å². The van der Waals surface area contributed by atoms with E-state index < -0.39 is 0 Å². The summed E-state index contributed by atoms with van der Waals surface area (Å²) in [6, 6.07) is 0. The summed E-state index contributed by atoms with van der Waals surface area (Å²) >= 11 is 19.9. The van der Waals surface area contributed by atoms with Crippen molar-refractivity contribution in [2.24, 2.45) is 0 Å². The number of hydrogen-bond donors (Lipinski definition) is 0. The summed E-state index contributed by atoms with van der Waals surface area (Å²) in [6.45, 7) is 5.92. The van der Waals surface area contributed by atoms with Crippen LogP contribution in [-0.4, -0.2) is 15.0 Å². The quantitative estimate of drug-likeness (QED) is 0.352. The summed E-state index contributed by atoms with van der Waals surface area (Å²) in [7, 11) is 0. The number of nitrogens with zero attached hydrogens (tertiary/aromatic N) is 3. The van der Waals surface area contributed by atoms with Crippen LogP contribution in [0.3, 0.4) is 0 Å². The summed E-state index contributed by atoms with van der Waals surface area (Å²) in [5.41, 5.74) is 0.575. The maximum Gasteiger partial charge on any atom is 0.225 e. The molecule has 0 aromatic carbocycles. The highest BCUT2D eigenvalue weighted by atomic mass is 79.9. The summed E-state index contributed by atoms with van der Waals surface area (Å²) in [5.74, 6) is 0. The summed E-state index contributed by atoms with van der Waals surface area (Å²) in [5, 5.41) is 1.22. The van der Waals surface area contributed by atoms with Crippen LogP contribution >= 0.6 is 66.4 Å². The van der Waals surface area contributed by atoms with Crippen LogP contribution in [0.1, 0.15) is 25.8 Å². The molecule has 2 aromatic heterocycles. The van der Waals surface area contributed by atoms with Crippen LogP contribution in [0.2, 0.25) is 10.4 Å². The molecule has 0 unspecified atom stereocenters. The predicted molar refractivity (Wildman–Crippen MR) is 81.8 cm³/mol. The molecule has 0 N–H and O–H groups in total. The standard InChI is InChI=1S/C7H3Br2Cl2N3S.C2H6/c1-7(8,9)5-12-2-3(10)13-6(11)14-4(2)15-5;1-2/h1H3;1-2H3. The normalized spacial score (nSPS) is 11.2.